The van der Waals surface area contributed by atoms with Crippen LogP contribution in [0.15, 0.2) is 48.5 Å². The molecular formula is C15H14Cl2O. The quantitative estimate of drug-likeness (QED) is 0.854. The smallest absolute Gasteiger partial charge is 0.0855 e. The van der Waals surface area contributed by atoms with Crippen LogP contribution in [0.5, 0.6) is 0 Å². The molecule has 2 rings (SSSR count). The van der Waals surface area contributed by atoms with Gasteiger partial charge in [-0.05, 0) is 35.4 Å². The van der Waals surface area contributed by atoms with Gasteiger partial charge >= 0.3 is 0 Å². The average Bonchev–Trinajstić information content (AvgIpc) is 2.39. The van der Waals surface area contributed by atoms with Gasteiger partial charge in [0.1, 0.15) is 0 Å². The molecule has 0 bridgehead atoms. The molecule has 0 heterocycles. The number of hydrogen-bond acceptors (Lipinski definition) is 1. The second-order valence-electron chi connectivity index (χ2n) is 4.34. The van der Waals surface area contributed by atoms with Crippen molar-refractivity contribution in [3.63, 3.8) is 0 Å². The third-order valence-corrected chi connectivity index (χ3v) is 3.58. The summed E-state index contributed by atoms with van der Waals surface area (Å²) in [5, 5.41) is 11.7. The first-order valence-electron chi connectivity index (χ1n) is 5.77. The zero-order chi connectivity index (χ0) is 13.1. The van der Waals surface area contributed by atoms with E-state index in [1.807, 2.05) is 43.3 Å². The van der Waals surface area contributed by atoms with Crippen LogP contribution in [0, 0.1) is 0 Å². The topological polar surface area (TPSA) is 20.2 Å². The Morgan fingerprint density at radius 3 is 1.61 bits per heavy atom. The first kappa shape index (κ1) is 13.4. The predicted octanol–water partition coefficient (Wildman–Crippen LogP) is 4.83. The van der Waals surface area contributed by atoms with Gasteiger partial charge in [-0.1, -0.05) is 54.4 Å². The van der Waals surface area contributed by atoms with Gasteiger partial charge in [-0.25, -0.2) is 0 Å². The highest BCUT2D eigenvalue weighted by Crippen LogP contribution is 2.31. The molecule has 2 aromatic carbocycles. The molecule has 2 atom stereocenters. The third-order valence-electron chi connectivity index (χ3n) is 3.08. The molecule has 0 aromatic heterocycles. The van der Waals surface area contributed by atoms with Crippen molar-refractivity contribution in [2.24, 2.45) is 0 Å². The number of rotatable bonds is 3. The van der Waals surface area contributed by atoms with E-state index >= 15 is 0 Å². The molecule has 94 valence electrons. The van der Waals surface area contributed by atoms with E-state index in [2.05, 4.69) is 0 Å². The SMILES string of the molecule is C[C@@H](c1ccc(Cl)cc1)[C@H](O)c1ccc(Cl)cc1. The Bertz CT molecular complexity index is 456. The lowest BCUT2D eigenvalue weighted by molar-refractivity contribution is 0.151. The number of aliphatic hydroxyl groups excluding tert-OH is 1. The van der Waals surface area contributed by atoms with Gasteiger partial charge < -0.3 is 5.11 Å². The van der Waals surface area contributed by atoms with Gasteiger partial charge in [0.15, 0.2) is 0 Å². The molecule has 0 radical (unpaired) electrons. The van der Waals surface area contributed by atoms with E-state index < -0.39 is 6.10 Å². The lowest BCUT2D eigenvalue weighted by Crippen LogP contribution is -2.07. The van der Waals surface area contributed by atoms with Crippen LogP contribution in [-0.4, -0.2) is 5.11 Å². The van der Waals surface area contributed by atoms with E-state index in [1.165, 1.54) is 0 Å². The number of benzene rings is 2. The fourth-order valence-electron chi connectivity index (χ4n) is 1.90. The molecule has 0 amide bonds. The highest BCUT2D eigenvalue weighted by Gasteiger charge is 2.17. The average molecular weight is 281 g/mol. The molecule has 0 aliphatic rings. The number of halogens is 2. The lowest BCUT2D eigenvalue weighted by atomic mass is 9.91. The second kappa shape index (κ2) is 5.75. The first-order valence-corrected chi connectivity index (χ1v) is 6.52. The van der Waals surface area contributed by atoms with Gasteiger partial charge in [-0.15, -0.1) is 0 Å². The number of aliphatic hydroxyl groups is 1. The molecule has 2 aromatic rings. The maximum absolute atomic E-state index is 10.3. The van der Waals surface area contributed by atoms with E-state index in [9.17, 15) is 5.11 Å². The molecule has 0 aliphatic carbocycles. The summed E-state index contributed by atoms with van der Waals surface area (Å²) >= 11 is 11.7. The van der Waals surface area contributed by atoms with Crippen LogP contribution >= 0.6 is 23.2 Å². The molecule has 0 saturated heterocycles. The van der Waals surface area contributed by atoms with Gasteiger partial charge in [0.25, 0.3) is 0 Å². The molecule has 0 saturated carbocycles. The van der Waals surface area contributed by atoms with Crippen molar-refractivity contribution >= 4 is 23.2 Å². The van der Waals surface area contributed by atoms with Gasteiger partial charge in [-0.3, -0.25) is 0 Å². The summed E-state index contributed by atoms with van der Waals surface area (Å²) in [5.41, 5.74) is 1.92. The maximum Gasteiger partial charge on any atom is 0.0855 e. The van der Waals surface area contributed by atoms with E-state index in [4.69, 9.17) is 23.2 Å². The van der Waals surface area contributed by atoms with Gasteiger partial charge in [0, 0.05) is 16.0 Å². The summed E-state index contributed by atoms with van der Waals surface area (Å²) in [6, 6.07) is 14.8. The summed E-state index contributed by atoms with van der Waals surface area (Å²) in [7, 11) is 0. The van der Waals surface area contributed by atoms with Crippen LogP contribution in [0.3, 0.4) is 0 Å². The Hall–Kier alpha value is -1.02. The lowest BCUT2D eigenvalue weighted by Gasteiger charge is -2.19. The minimum Gasteiger partial charge on any atom is -0.388 e. The molecule has 0 unspecified atom stereocenters. The monoisotopic (exact) mass is 280 g/mol. The highest BCUT2D eigenvalue weighted by atomic mass is 35.5. The Balaban J connectivity index is 2.20. The summed E-state index contributed by atoms with van der Waals surface area (Å²) in [4.78, 5) is 0. The minimum atomic E-state index is -0.552. The Kier molecular flexibility index (Phi) is 4.28. The van der Waals surface area contributed by atoms with E-state index in [0.717, 1.165) is 11.1 Å². The molecule has 1 nitrogen and oxygen atoms in total. The zero-order valence-electron chi connectivity index (χ0n) is 9.98. The fraction of sp³-hybridized carbons (Fsp3) is 0.200. The van der Waals surface area contributed by atoms with E-state index in [1.54, 1.807) is 12.1 Å². The third kappa shape index (κ3) is 3.05. The van der Waals surface area contributed by atoms with Crippen LogP contribution in [0.25, 0.3) is 0 Å². The Morgan fingerprint density at radius 1 is 0.778 bits per heavy atom. The second-order valence-corrected chi connectivity index (χ2v) is 5.21. The standard InChI is InChI=1S/C15H14Cl2O/c1-10(11-2-6-13(16)7-3-11)15(18)12-4-8-14(17)9-5-12/h2-10,15,18H,1H3/t10-,15-/m0/s1. The summed E-state index contributed by atoms with van der Waals surface area (Å²) in [6.07, 6.45) is -0.552. The molecule has 0 spiro atoms. The maximum atomic E-state index is 10.3. The molecule has 3 heteroatoms. The van der Waals surface area contributed by atoms with Crippen LogP contribution in [-0.2, 0) is 0 Å². The molecule has 0 fully saturated rings. The van der Waals surface area contributed by atoms with Crippen LogP contribution < -0.4 is 0 Å². The Morgan fingerprint density at radius 2 is 1.17 bits per heavy atom. The van der Waals surface area contributed by atoms with Crippen molar-refractivity contribution in [1.29, 1.82) is 0 Å². The van der Waals surface area contributed by atoms with Crippen molar-refractivity contribution in [2.75, 3.05) is 0 Å². The zero-order valence-corrected chi connectivity index (χ0v) is 11.5. The summed E-state index contributed by atoms with van der Waals surface area (Å²) < 4.78 is 0. The molecule has 18 heavy (non-hydrogen) atoms. The molecular weight excluding hydrogens is 267 g/mol. The van der Waals surface area contributed by atoms with Crippen molar-refractivity contribution in [2.45, 2.75) is 18.9 Å². The molecule has 0 aliphatic heterocycles. The normalized spacial score (nSPS) is 14.2. The number of hydrogen-bond donors (Lipinski definition) is 1. The van der Waals surface area contributed by atoms with E-state index in [0.29, 0.717) is 10.0 Å². The summed E-state index contributed by atoms with van der Waals surface area (Å²) in [6.45, 7) is 1.99. The van der Waals surface area contributed by atoms with Crippen LogP contribution in [0.1, 0.15) is 30.1 Å². The Labute approximate surface area is 117 Å². The van der Waals surface area contributed by atoms with Gasteiger partial charge in [0.2, 0.25) is 0 Å². The van der Waals surface area contributed by atoms with Crippen molar-refractivity contribution in [3.05, 3.63) is 69.7 Å². The summed E-state index contributed by atoms with van der Waals surface area (Å²) in [5.74, 6) is 0.00319. The first-order chi connectivity index (χ1) is 8.58. The van der Waals surface area contributed by atoms with Gasteiger partial charge in [0.05, 0.1) is 6.10 Å². The van der Waals surface area contributed by atoms with Crippen LogP contribution in [0.4, 0.5) is 0 Å². The fourth-order valence-corrected chi connectivity index (χ4v) is 2.15. The predicted molar refractivity (Wildman–Crippen MR) is 76.3 cm³/mol. The van der Waals surface area contributed by atoms with Gasteiger partial charge in [-0.2, -0.15) is 0 Å². The highest BCUT2D eigenvalue weighted by molar-refractivity contribution is 6.30. The minimum absolute atomic E-state index is 0.00319. The van der Waals surface area contributed by atoms with Crippen molar-refractivity contribution in [3.8, 4) is 0 Å². The van der Waals surface area contributed by atoms with E-state index in [-0.39, 0.29) is 5.92 Å². The van der Waals surface area contributed by atoms with Crippen molar-refractivity contribution in [1.82, 2.24) is 0 Å². The van der Waals surface area contributed by atoms with Crippen LogP contribution in [0.2, 0.25) is 10.0 Å². The van der Waals surface area contributed by atoms with Crippen molar-refractivity contribution < 1.29 is 5.11 Å². The largest absolute Gasteiger partial charge is 0.388 e. The molecule has 1 N–H and O–H groups in total.